The molecule has 1 aromatic rings. The van der Waals surface area contributed by atoms with E-state index in [-0.39, 0.29) is 6.42 Å². The molecule has 0 aliphatic carbocycles. The normalized spacial score (nSPS) is 10.0. The van der Waals surface area contributed by atoms with Crippen molar-refractivity contribution in [2.75, 3.05) is 11.9 Å². The maximum absolute atomic E-state index is 10.3. The highest BCUT2D eigenvalue weighted by molar-refractivity contribution is 9.10. The molecule has 4 nitrogen and oxygen atoms in total. The van der Waals surface area contributed by atoms with Gasteiger partial charge in [-0.1, -0.05) is 0 Å². The Hall–Kier alpha value is -1.10. The molecular weight excluding hydrogens is 260 g/mol. The summed E-state index contributed by atoms with van der Waals surface area (Å²) in [5.74, 6) is 0.0425. The van der Waals surface area contributed by atoms with Crippen LogP contribution in [0.25, 0.3) is 0 Å². The largest absolute Gasteiger partial charge is 0.481 e. The molecular formula is C10H13BrN2O2. The van der Waals surface area contributed by atoms with Crippen LogP contribution < -0.4 is 5.32 Å². The standard InChI is InChI=1S/C10H13BrN2O2/c1-7-5-8(11)6-13-10(7)12-4-2-3-9(14)15/h5-6H,2-4H2,1H3,(H,12,13)(H,14,15). The van der Waals surface area contributed by atoms with Crippen molar-refractivity contribution in [2.24, 2.45) is 0 Å². The molecule has 0 amide bonds. The number of aliphatic carboxylic acids is 1. The van der Waals surface area contributed by atoms with Crippen LogP contribution in [0.4, 0.5) is 5.82 Å². The average Bonchev–Trinajstić information content (AvgIpc) is 2.14. The second-order valence-corrected chi connectivity index (χ2v) is 4.16. The number of nitrogens with zero attached hydrogens (tertiary/aromatic N) is 1. The first-order chi connectivity index (χ1) is 7.09. The molecule has 0 aromatic carbocycles. The molecule has 0 bridgehead atoms. The first kappa shape index (κ1) is 12.0. The number of rotatable bonds is 5. The zero-order chi connectivity index (χ0) is 11.3. The number of halogens is 1. The van der Waals surface area contributed by atoms with E-state index in [2.05, 4.69) is 26.2 Å². The summed E-state index contributed by atoms with van der Waals surface area (Å²) in [7, 11) is 0. The first-order valence-electron chi connectivity index (χ1n) is 4.67. The lowest BCUT2D eigenvalue weighted by Gasteiger charge is -2.07. The predicted molar refractivity (Wildman–Crippen MR) is 62.0 cm³/mol. The van der Waals surface area contributed by atoms with Gasteiger partial charge in [0.1, 0.15) is 5.82 Å². The molecule has 0 atom stereocenters. The highest BCUT2D eigenvalue weighted by Gasteiger charge is 2.00. The fourth-order valence-corrected chi connectivity index (χ4v) is 1.62. The van der Waals surface area contributed by atoms with Gasteiger partial charge in [0.2, 0.25) is 0 Å². The Morgan fingerprint density at radius 1 is 1.67 bits per heavy atom. The minimum atomic E-state index is -0.766. The van der Waals surface area contributed by atoms with Crippen molar-refractivity contribution < 1.29 is 9.90 Å². The van der Waals surface area contributed by atoms with Crippen LogP contribution in [0.2, 0.25) is 0 Å². The molecule has 82 valence electrons. The van der Waals surface area contributed by atoms with Gasteiger partial charge in [-0.3, -0.25) is 4.79 Å². The van der Waals surface area contributed by atoms with E-state index in [4.69, 9.17) is 5.11 Å². The zero-order valence-electron chi connectivity index (χ0n) is 8.46. The third-order valence-electron chi connectivity index (χ3n) is 1.90. The van der Waals surface area contributed by atoms with Gasteiger partial charge in [0, 0.05) is 23.6 Å². The van der Waals surface area contributed by atoms with Crippen molar-refractivity contribution in [3.63, 3.8) is 0 Å². The molecule has 0 aliphatic rings. The number of carboxylic acids is 1. The molecule has 0 saturated heterocycles. The zero-order valence-corrected chi connectivity index (χ0v) is 10.0. The van der Waals surface area contributed by atoms with Gasteiger partial charge in [-0.15, -0.1) is 0 Å². The minimum Gasteiger partial charge on any atom is -0.481 e. The number of aromatic nitrogens is 1. The van der Waals surface area contributed by atoms with Crippen LogP contribution in [0.1, 0.15) is 18.4 Å². The van der Waals surface area contributed by atoms with Crippen LogP contribution in [-0.4, -0.2) is 22.6 Å². The molecule has 1 aromatic heterocycles. The highest BCUT2D eigenvalue weighted by atomic mass is 79.9. The Balaban J connectivity index is 2.40. The lowest BCUT2D eigenvalue weighted by molar-refractivity contribution is -0.137. The fraction of sp³-hybridized carbons (Fsp3) is 0.400. The molecule has 1 heterocycles. The van der Waals surface area contributed by atoms with Crippen LogP contribution in [0, 0.1) is 6.92 Å². The Kier molecular flexibility index (Phi) is 4.55. The van der Waals surface area contributed by atoms with E-state index in [0.717, 1.165) is 15.9 Å². The number of aryl methyl sites for hydroxylation is 1. The van der Waals surface area contributed by atoms with Crippen molar-refractivity contribution in [3.05, 3.63) is 22.3 Å². The van der Waals surface area contributed by atoms with Gasteiger partial charge in [0.15, 0.2) is 0 Å². The summed E-state index contributed by atoms with van der Waals surface area (Å²) in [6.07, 6.45) is 2.50. The van der Waals surface area contributed by atoms with Gasteiger partial charge in [0.05, 0.1) is 0 Å². The average molecular weight is 273 g/mol. The highest BCUT2D eigenvalue weighted by Crippen LogP contribution is 2.16. The fourth-order valence-electron chi connectivity index (χ4n) is 1.17. The van der Waals surface area contributed by atoms with Crippen molar-refractivity contribution in [1.82, 2.24) is 4.98 Å². The third kappa shape index (κ3) is 4.29. The first-order valence-corrected chi connectivity index (χ1v) is 5.46. The van der Waals surface area contributed by atoms with Crippen molar-refractivity contribution in [1.29, 1.82) is 0 Å². The van der Waals surface area contributed by atoms with Crippen molar-refractivity contribution in [2.45, 2.75) is 19.8 Å². The van der Waals surface area contributed by atoms with Crippen LogP contribution in [0.15, 0.2) is 16.7 Å². The molecule has 5 heteroatoms. The van der Waals surface area contributed by atoms with Gasteiger partial charge in [-0.05, 0) is 40.9 Å². The maximum atomic E-state index is 10.3. The van der Waals surface area contributed by atoms with Crippen LogP contribution in [0.5, 0.6) is 0 Å². The number of carbonyl (C=O) groups is 1. The van der Waals surface area contributed by atoms with Gasteiger partial charge < -0.3 is 10.4 Å². The van der Waals surface area contributed by atoms with Gasteiger partial charge >= 0.3 is 5.97 Å². The summed E-state index contributed by atoms with van der Waals surface area (Å²) in [6.45, 7) is 2.58. The van der Waals surface area contributed by atoms with Gasteiger partial charge in [-0.2, -0.15) is 0 Å². The second-order valence-electron chi connectivity index (χ2n) is 3.24. The molecule has 0 fully saturated rings. The second kappa shape index (κ2) is 5.70. The quantitative estimate of drug-likeness (QED) is 0.809. The summed E-state index contributed by atoms with van der Waals surface area (Å²) in [5.41, 5.74) is 1.04. The smallest absolute Gasteiger partial charge is 0.303 e. The van der Waals surface area contributed by atoms with Crippen molar-refractivity contribution >= 4 is 27.7 Å². The summed E-state index contributed by atoms with van der Waals surface area (Å²) in [4.78, 5) is 14.5. The molecule has 0 saturated carbocycles. The summed E-state index contributed by atoms with van der Waals surface area (Å²) >= 11 is 3.33. The van der Waals surface area contributed by atoms with Crippen LogP contribution in [-0.2, 0) is 4.79 Å². The number of nitrogens with one attached hydrogen (secondary N) is 1. The molecule has 15 heavy (non-hydrogen) atoms. The minimum absolute atomic E-state index is 0.183. The number of pyridine rings is 1. The SMILES string of the molecule is Cc1cc(Br)cnc1NCCCC(=O)O. The molecule has 2 N–H and O–H groups in total. The van der Waals surface area contributed by atoms with Crippen LogP contribution >= 0.6 is 15.9 Å². The lowest BCUT2D eigenvalue weighted by Crippen LogP contribution is -2.07. The lowest BCUT2D eigenvalue weighted by atomic mass is 10.2. The Morgan fingerprint density at radius 2 is 2.40 bits per heavy atom. The van der Waals surface area contributed by atoms with Gasteiger partial charge in [0.25, 0.3) is 0 Å². The molecule has 0 aliphatic heterocycles. The Bertz CT molecular complexity index is 355. The summed E-state index contributed by atoms with van der Waals surface area (Å²) in [6, 6.07) is 1.96. The summed E-state index contributed by atoms with van der Waals surface area (Å²) in [5, 5.41) is 11.6. The third-order valence-corrected chi connectivity index (χ3v) is 2.34. The molecule has 0 unspecified atom stereocenters. The van der Waals surface area contributed by atoms with E-state index in [1.807, 2.05) is 13.0 Å². The monoisotopic (exact) mass is 272 g/mol. The van der Waals surface area contributed by atoms with E-state index in [0.29, 0.717) is 13.0 Å². The Morgan fingerprint density at radius 3 is 3.00 bits per heavy atom. The number of hydrogen-bond acceptors (Lipinski definition) is 3. The number of carboxylic acid groups (broad SMARTS) is 1. The number of anilines is 1. The molecule has 1 rings (SSSR count). The number of hydrogen-bond donors (Lipinski definition) is 2. The van der Waals surface area contributed by atoms with E-state index in [1.165, 1.54) is 0 Å². The maximum Gasteiger partial charge on any atom is 0.303 e. The topological polar surface area (TPSA) is 62.2 Å². The van der Waals surface area contributed by atoms with Gasteiger partial charge in [-0.25, -0.2) is 4.98 Å². The van der Waals surface area contributed by atoms with E-state index < -0.39 is 5.97 Å². The Labute approximate surface area is 96.8 Å². The van der Waals surface area contributed by atoms with E-state index in [9.17, 15) is 4.79 Å². The summed E-state index contributed by atoms with van der Waals surface area (Å²) < 4.78 is 0.941. The van der Waals surface area contributed by atoms with E-state index >= 15 is 0 Å². The molecule has 0 spiro atoms. The predicted octanol–water partition coefficient (Wildman–Crippen LogP) is 2.43. The molecule has 0 radical (unpaired) electrons. The van der Waals surface area contributed by atoms with Crippen molar-refractivity contribution in [3.8, 4) is 0 Å². The van der Waals surface area contributed by atoms with Crippen LogP contribution in [0.3, 0.4) is 0 Å². The van der Waals surface area contributed by atoms with E-state index in [1.54, 1.807) is 6.20 Å².